The van der Waals surface area contributed by atoms with Crippen LogP contribution in [0.15, 0.2) is 29.1 Å². The summed E-state index contributed by atoms with van der Waals surface area (Å²) in [5.41, 5.74) is 1.25. The van der Waals surface area contributed by atoms with E-state index in [4.69, 9.17) is 9.47 Å². The Morgan fingerprint density at radius 3 is 2.35 bits per heavy atom. The Labute approximate surface area is 160 Å². The van der Waals surface area contributed by atoms with Crippen LogP contribution in [0.5, 0.6) is 11.9 Å². The van der Waals surface area contributed by atoms with E-state index in [9.17, 15) is 0 Å². The van der Waals surface area contributed by atoms with Gasteiger partial charge in [0.05, 0.1) is 17.5 Å². The van der Waals surface area contributed by atoms with E-state index < -0.39 is 11.2 Å². The predicted octanol–water partition coefficient (Wildman–Crippen LogP) is 4.30. The monoisotopic (exact) mass is 419 g/mol. The quantitative estimate of drug-likeness (QED) is 0.588. The zero-order chi connectivity index (χ0) is 19.1. The molecule has 7 nitrogen and oxygen atoms in total. The summed E-state index contributed by atoms with van der Waals surface area (Å²) in [5.74, 6) is 0.426. The molecule has 0 aliphatic carbocycles. The van der Waals surface area contributed by atoms with Crippen molar-refractivity contribution in [1.82, 2.24) is 24.6 Å². The van der Waals surface area contributed by atoms with Crippen LogP contribution < -0.4 is 9.47 Å². The van der Waals surface area contributed by atoms with E-state index in [1.807, 2.05) is 53.7 Å². The van der Waals surface area contributed by atoms with Crippen LogP contribution in [0.25, 0.3) is 16.9 Å². The third kappa shape index (κ3) is 4.30. The van der Waals surface area contributed by atoms with Gasteiger partial charge in [-0.15, -0.1) is 0 Å². The van der Waals surface area contributed by atoms with Crippen molar-refractivity contribution in [2.45, 2.75) is 52.7 Å². The number of halogens is 1. The van der Waals surface area contributed by atoms with Crippen molar-refractivity contribution in [1.29, 1.82) is 0 Å². The number of fused-ring (bicyclic) bond motifs is 1. The molecule has 3 rings (SSSR count). The van der Waals surface area contributed by atoms with Gasteiger partial charge in [0.25, 0.3) is 0 Å². The van der Waals surface area contributed by atoms with Crippen molar-refractivity contribution >= 4 is 21.6 Å². The zero-order valence-corrected chi connectivity index (χ0v) is 17.3. The Morgan fingerprint density at radius 2 is 1.69 bits per heavy atom. The summed E-state index contributed by atoms with van der Waals surface area (Å²) in [6.45, 7) is 11.7. The van der Waals surface area contributed by atoms with Crippen molar-refractivity contribution < 1.29 is 9.47 Å². The van der Waals surface area contributed by atoms with E-state index in [0.717, 1.165) is 4.60 Å². The largest absolute Gasteiger partial charge is 0.471 e. The minimum Gasteiger partial charge on any atom is -0.471 e. The SMILES string of the molecule is CC(C)(C)Oc1ncc(-c2cc(Br)n3nccc3n2)c(OC(C)(C)C)n1. The average molecular weight is 420 g/mol. The summed E-state index contributed by atoms with van der Waals surface area (Å²) in [6.07, 6.45) is 3.37. The van der Waals surface area contributed by atoms with Crippen LogP contribution in [0.3, 0.4) is 0 Å². The first kappa shape index (κ1) is 18.6. The van der Waals surface area contributed by atoms with Crippen LogP contribution in [0.2, 0.25) is 0 Å². The fourth-order valence-corrected chi connectivity index (χ4v) is 2.72. The molecular weight excluding hydrogens is 398 g/mol. The number of hydrogen-bond donors (Lipinski definition) is 0. The van der Waals surface area contributed by atoms with Crippen LogP contribution in [0.1, 0.15) is 41.5 Å². The minimum absolute atomic E-state index is 0.269. The molecule has 0 aliphatic heterocycles. The molecule has 0 fully saturated rings. The van der Waals surface area contributed by atoms with Crippen LogP contribution in [-0.2, 0) is 0 Å². The van der Waals surface area contributed by atoms with Gasteiger partial charge in [-0.05, 0) is 63.5 Å². The second-order valence-electron chi connectivity index (χ2n) is 7.87. The second-order valence-corrected chi connectivity index (χ2v) is 8.68. The van der Waals surface area contributed by atoms with Crippen LogP contribution >= 0.6 is 15.9 Å². The van der Waals surface area contributed by atoms with Crippen LogP contribution in [-0.4, -0.2) is 35.8 Å². The molecule has 0 bridgehead atoms. The maximum Gasteiger partial charge on any atom is 0.320 e. The predicted molar refractivity (Wildman–Crippen MR) is 102 cm³/mol. The third-order valence-electron chi connectivity index (χ3n) is 3.12. The third-order valence-corrected chi connectivity index (χ3v) is 3.69. The van der Waals surface area contributed by atoms with Gasteiger partial charge in [0.15, 0.2) is 5.65 Å². The number of ether oxygens (including phenoxy) is 2. The molecule has 0 radical (unpaired) electrons. The minimum atomic E-state index is -0.431. The first-order valence-corrected chi connectivity index (χ1v) is 9.07. The Balaban J connectivity index is 2.11. The standard InChI is InChI=1S/C18H22BrN5O2/c1-17(2,3)25-15-11(10-20-16(23-15)26-18(4,5)6)12-9-13(19)24-14(22-12)7-8-21-24/h7-10H,1-6H3. The highest BCUT2D eigenvalue weighted by Gasteiger charge is 2.22. The lowest BCUT2D eigenvalue weighted by molar-refractivity contribution is 0.103. The highest BCUT2D eigenvalue weighted by molar-refractivity contribution is 9.10. The molecule has 0 aliphatic rings. The van der Waals surface area contributed by atoms with E-state index in [2.05, 4.69) is 36.0 Å². The van der Waals surface area contributed by atoms with Crippen LogP contribution in [0, 0.1) is 0 Å². The number of aromatic nitrogens is 5. The van der Waals surface area contributed by atoms with Gasteiger partial charge < -0.3 is 9.47 Å². The molecule has 0 atom stereocenters. The van der Waals surface area contributed by atoms with Gasteiger partial charge in [0, 0.05) is 12.3 Å². The van der Waals surface area contributed by atoms with E-state index >= 15 is 0 Å². The maximum absolute atomic E-state index is 6.07. The lowest BCUT2D eigenvalue weighted by Gasteiger charge is -2.24. The van der Waals surface area contributed by atoms with Gasteiger partial charge in [-0.3, -0.25) is 0 Å². The van der Waals surface area contributed by atoms with E-state index in [1.54, 1.807) is 16.9 Å². The molecule has 3 aromatic heterocycles. The van der Waals surface area contributed by atoms with Gasteiger partial charge >= 0.3 is 6.01 Å². The Morgan fingerprint density at radius 1 is 1.00 bits per heavy atom. The van der Waals surface area contributed by atoms with Gasteiger partial charge in [0.1, 0.15) is 15.8 Å². The van der Waals surface area contributed by atoms with E-state index in [1.165, 1.54) is 0 Å². The van der Waals surface area contributed by atoms with Crippen molar-refractivity contribution in [3.63, 3.8) is 0 Å². The second kappa shape index (κ2) is 6.50. The molecule has 8 heteroatoms. The smallest absolute Gasteiger partial charge is 0.320 e. The molecule has 0 saturated heterocycles. The molecule has 138 valence electrons. The zero-order valence-electron chi connectivity index (χ0n) is 15.7. The molecule has 3 aromatic rings. The van der Waals surface area contributed by atoms with Crippen molar-refractivity contribution in [3.05, 3.63) is 29.1 Å². The topological polar surface area (TPSA) is 74.4 Å². The fraction of sp³-hybridized carbons (Fsp3) is 0.444. The lowest BCUT2D eigenvalue weighted by Crippen LogP contribution is -2.26. The van der Waals surface area contributed by atoms with Gasteiger partial charge in [-0.2, -0.15) is 10.1 Å². The molecule has 26 heavy (non-hydrogen) atoms. The van der Waals surface area contributed by atoms with Crippen LogP contribution in [0.4, 0.5) is 0 Å². The van der Waals surface area contributed by atoms with Gasteiger partial charge in [0.2, 0.25) is 5.88 Å². The molecule has 0 unspecified atom stereocenters. The Hall–Kier alpha value is -2.22. The summed E-state index contributed by atoms with van der Waals surface area (Å²) in [7, 11) is 0. The van der Waals surface area contributed by atoms with Crippen molar-refractivity contribution in [2.75, 3.05) is 0 Å². The summed E-state index contributed by atoms with van der Waals surface area (Å²) < 4.78 is 14.3. The lowest BCUT2D eigenvalue weighted by atomic mass is 10.2. The molecule has 0 amide bonds. The normalized spacial score (nSPS) is 12.4. The summed E-state index contributed by atoms with van der Waals surface area (Å²) in [4.78, 5) is 13.5. The average Bonchev–Trinajstić information content (AvgIpc) is 2.93. The first-order valence-electron chi connectivity index (χ1n) is 8.28. The van der Waals surface area contributed by atoms with Crippen molar-refractivity contribution in [2.24, 2.45) is 0 Å². The van der Waals surface area contributed by atoms with Gasteiger partial charge in [-0.25, -0.2) is 14.5 Å². The molecule has 0 aromatic carbocycles. The highest BCUT2D eigenvalue weighted by atomic mass is 79.9. The molecule has 0 saturated carbocycles. The molecule has 3 heterocycles. The van der Waals surface area contributed by atoms with E-state index in [0.29, 0.717) is 22.8 Å². The molecule has 0 N–H and O–H groups in total. The fourth-order valence-electron chi connectivity index (χ4n) is 2.23. The molecular formula is C18H22BrN5O2. The molecule has 0 spiro atoms. The number of rotatable bonds is 3. The first-order chi connectivity index (χ1) is 12.0. The van der Waals surface area contributed by atoms with E-state index in [-0.39, 0.29) is 6.01 Å². The summed E-state index contributed by atoms with van der Waals surface area (Å²) in [6, 6.07) is 3.96. The van der Waals surface area contributed by atoms with Gasteiger partial charge in [-0.1, -0.05) is 0 Å². The number of nitrogens with zero attached hydrogens (tertiary/aromatic N) is 5. The summed E-state index contributed by atoms with van der Waals surface area (Å²) in [5, 5.41) is 4.21. The van der Waals surface area contributed by atoms with Crippen molar-refractivity contribution in [3.8, 4) is 23.1 Å². The maximum atomic E-state index is 6.07. The Bertz CT molecular complexity index is 941. The number of hydrogen-bond acceptors (Lipinski definition) is 6. The highest BCUT2D eigenvalue weighted by Crippen LogP contribution is 2.32. The summed E-state index contributed by atoms with van der Waals surface area (Å²) >= 11 is 3.52. The Kier molecular flexibility index (Phi) is 4.64.